The monoisotopic (exact) mass is 646 g/mol. The van der Waals surface area contributed by atoms with Crippen molar-refractivity contribution in [2.24, 2.45) is 0 Å². The quantitative estimate of drug-likeness (QED) is 0.137. The van der Waals surface area contributed by atoms with E-state index in [0.29, 0.717) is 0 Å². The van der Waals surface area contributed by atoms with Crippen molar-refractivity contribution in [1.82, 2.24) is 0 Å². The van der Waals surface area contributed by atoms with Crippen molar-refractivity contribution in [2.45, 2.75) is 85.9 Å². The summed E-state index contributed by atoms with van der Waals surface area (Å²) in [5.74, 6) is -5.90. The lowest BCUT2D eigenvalue weighted by Gasteiger charge is -2.44. The van der Waals surface area contributed by atoms with E-state index in [1.165, 1.54) is 19.9 Å². The number of aryl methyl sites for hydroxylation is 1. The third-order valence-corrected chi connectivity index (χ3v) is 6.69. The molecule has 15 nitrogen and oxygen atoms in total. The summed E-state index contributed by atoms with van der Waals surface area (Å²) in [6.07, 6.45) is -7.78. The highest BCUT2D eigenvalue weighted by molar-refractivity contribution is 6.19. The van der Waals surface area contributed by atoms with Crippen LogP contribution in [0.1, 0.15) is 71.5 Å². The van der Waals surface area contributed by atoms with Crippen LogP contribution in [0.2, 0.25) is 0 Å². The number of esters is 5. The molecule has 1 aliphatic heterocycles. The molecule has 2 heterocycles. The van der Waals surface area contributed by atoms with Crippen molar-refractivity contribution in [3.63, 3.8) is 0 Å². The van der Waals surface area contributed by atoms with Gasteiger partial charge in [-0.2, -0.15) is 0 Å². The first-order valence-electron chi connectivity index (χ1n) is 13.9. The van der Waals surface area contributed by atoms with Gasteiger partial charge in [-0.05, 0) is 32.4 Å². The first-order valence-corrected chi connectivity index (χ1v) is 13.9. The molecule has 46 heavy (non-hydrogen) atoms. The summed E-state index contributed by atoms with van der Waals surface area (Å²) in [6.45, 7) is 8.66. The van der Waals surface area contributed by atoms with Gasteiger partial charge in [0, 0.05) is 40.7 Å². The molecule has 2 aromatic rings. The van der Waals surface area contributed by atoms with Gasteiger partial charge < -0.3 is 37.9 Å². The summed E-state index contributed by atoms with van der Waals surface area (Å²) in [4.78, 5) is 87.0. The third-order valence-electron chi connectivity index (χ3n) is 6.69. The summed E-state index contributed by atoms with van der Waals surface area (Å²) in [7, 11) is 0. The van der Waals surface area contributed by atoms with Gasteiger partial charge in [0.15, 0.2) is 29.5 Å². The number of carbonyl (C=O) groups excluding carboxylic acids is 6. The largest absolute Gasteiger partial charge is 0.512 e. The lowest BCUT2D eigenvalue weighted by molar-refractivity contribution is -0.254. The number of ketones is 1. The van der Waals surface area contributed by atoms with Crippen LogP contribution in [0.5, 0.6) is 5.75 Å². The first kappa shape index (κ1) is 35.4. The van der Waals surface area contributed by atoms with E-state index in [1.54, 1.807) is 0 Å². The Labute approximate surface area is 262 Å². The van der Waals surface area contributed by atoms with Gasteiger partial charge in [-0.1, -0.05) is 0 Å². The molecule has 0 radical (unpaired) electrons. The number of carbonyl (C=O) groups is 6. The molecule has 15 heteroatoms. The molecule has 0 spiro atoms. The van der Waals surface area contributed by atoms with Crippen molar-refractivity contribution in [3.8, 4) is 5.75 Å². The summed E-state index contributed by atoms with van der Waals surface area (Å²) >= 11 is 0. The fraction of sp³-hybridized carbons (Fsp3) is 0.452. The minimum Gasteiger partial charge on any atom is -0.512 e. The molecule has 5 atom stereocenters. The molecule has 1 aliphatic rings. The van der Waals surface area contributed by atoms with Crippen LogP contribution in [-0.4, -0.2) is 71.8 Å². The van der Waals surface area contributed by atoms with E-state index in [2.05, 4.69) is 0 Å². The zero-order valence-electron chi connectivity index (χ0n) is 26.4. The molecule has 1 fully saturated rings. The van der Waals surface area contributed by atoms with E-state index < -0.39 is 83.9 Å². The van der Waals surface area contributed by atoms with Crippen molar-refractivity contribution >= 4 is 52.2 Å². The van der Waals surface area contributed by atoms with Crippen molar-refractivity contribution in [1.29, 1.82) is 0 Å². The van der Waals surface area contributed by atoms with Gasteiger partial charge in [-0.15, -0.1) is 0 Å². The Balaban J connectivity index is 2.52. The van der Waals surface area contributed by atoms with E-state index in [0.717, 1.165) is 47.6 Å². The second-order valence-electron chi connectivity index (χ2n) is 10.5. The number of benzene rings is 1. The van der Waals surface area contributed by atoms with Crippen LogP contribution in [0.3, 0.4) is 0 Å². The summed E-state index contributed by atoms with van der Waals surface area (Å²) < 4.78 is 39.5. The van der Waals surface area contributed by atoms with Crippen LogP contribution >= 0.6 is 0 Å². The zero-order chi connectivity index (χ0) is 34.6. The van der Waals surface area contributed by atoms with Crippen molar-refractivity contribution in [2.75, 3.05) is 6.61 Å². The molecule has 1 N–H and O–H groups in total. The van der Waals surface area contributed by atoms with Crippen molar-refractivity contribution in [3.05, 3.63) is 45.0 Å². The van der Waals surface area contributed by atoms with E-state index in [4.69, 9.17) is 32.8 Å². The van der Waals surface area contributed by atoms with Crippen LogP contribution < -0.4 is 10.2 Å². The van der Waals surface area contributed by atoms with Gasteiger partial charge >= 0.3 is 29.8 Å². The first-order chi connectivity index (χ1) is 21.4. The molecule has 0 aliphatic carbocycles. The standard InChI is InChI=1S/C31H34O15/c1-12-9-21(41-16(5)35)26(28-24(12)20(39)10-22(45-28)25(13(2)32)14(3)33)29-31(44-19(8)38)30(43-18(7)37)27(42-17(6)36)23(46-29)11-40-15(4)34/h9-10,23,27,29-32H,11H2,1-8H3/b25-13-. The summed E-state index contributed by atoms with van der Waals surface area (Å²) in [5, 5.41) is 10.2. The van der Waals surface area contributed by atoms with E-state index >= 15 is 0 Å². The van der Waals surface area contributed by atoms with E-state index in [1.807, 2.05) is 0 Å². The maximum atomic E-state index is 13.5. The smallest absolute Gasteiger partial charge is 0.308 e. The Morgan fingerprint density at radius 1 is 0.783 bits per heavy atom. The topological polar surface area (TPSA) is 208 Å². The van der Waals surface area contributed by atoms with Gasteiger partial charge in [0.2, 0.25) is 0 Å². The molecule has 248 valence electrons. The molecule has 0 saturated carbocycles. The highest BCUT2D eigenvalue weighted by Crippen LogP contribution is 2.45. The molecule has 0 bridgehead atoms. The van der Waals surface area contributed by atoms with Gasteiger partial charge in [-0.3, -0.25) is 33.6 Å². The second-order valence-corrected chi connectivity index (χ2v) is 10.5. The number of hydrogen-bond acceptors (Lipinski definition) is 15. The highest BCUT2D eigenvalue weighted by Gasteiger charge is 2.54. The van der Waals surface area contributed by atoms with Crippen molar-refractivity contribution < 1.29 is 66.7 Å². The van der Waals surface area contributed by atoms with Gasteiger partial charge in [0.25, 0.3) is 0 Å². The number of rotatable bonds is 9. The Morgan fingerprint density at radius 2 is 1.35 bits per heavy atom. The van der Waals surface area contributed by atoms with Gasteiger partial charge in [-0.25, -0.2) is 0 Å². The van der Waals surface area contributed by atoms with Gasteiger partial charge in [0.05, 0.1) is 16.5 Å². The predicted octanol–water partition coefficient (Wildman–Crippen LogP) is 2.70. The van der Waals surface area contributed by atoms with E-state index in [9.17, 15) is 38.7 Å². The second kappa shape index (κ2) is 14.4. The average Bonchev–Trinajstić information content (AvgIpc) is 2.88. The lowest BCUT2D eigenvalue weighted by atomic mass is 9.88. The predicted molar refractivity (Wildman–Crippen MR) is 155 cm³/mol. The molecular weight excluding hydrogens is 612 g/mol. The molecular formula is C31H34O15. The summed E-state index contributed by atoms with van der Waals surface area (Å²) in [5.41, 5.74) is -1.27. The fourth-order valence-electron chi connectivity index (χ4n) is 5.21. The Hall–Kier alpha value is -5.05. The third kappa shape index (κ3) is 7.96. The number of Topliss-reactive ketones (excluding diaryl/α,β-unsaturated/α-hetero) is 1. The normalized spacial score (nSPS) is 21.4. The highest BCUT2D eigenvalue weighted by atomic mass is 16.7. The fourth-order valence-corrected chi connectivity index (χ4v) is 5.21. The van der Waals surface area contributed by atoms with Crippen LogP contribution in [0.4, 0.5) is 0 Å². The number of hydrogen-bond donors (Lipinski definition) is 1. The number of fused-ring (bicyclic) bond motifs is 1. The number of aliphatic hydroxyl groups is 1. The van der Waals surface area contributed by atoms with Gasteiger partial charge in [0.1, 0.15) is 41.7 Å². The number of ether oxygens (including phenoxy) is 6. The Morgan fingerprint density at radius 3 is 1.85 bits per heavy atom. The molecule has 0 amide bonds. The molecule has 3 rings (SSSR count). The minimum absolute atomic E-state index is 0.0685. The summed E-state index contributed by atoms with van der Waals surface area (Å²) in [6, 6.07) is 2.32. The molecule has 1 aromatic heterocycles. The Kier molecular flexibility index (Phi) is 11.1. The van der Waals surface area contributed by atoms with Crippen LogP contribution in [0.15, 0.2) is 27.1 Å². The lowest BCUT2D eigenvalue weighted by Crippen LogP contribution is -2.59. The molecule has 1 aromatic carbocycles. The van der Waals surface area contributed by atoms with Crippen LogP contribution in [0.25, 0.3) is 16.5 Å². The zero-order valence-corrected chi connectivity index (χ0v) is 26.4. The maximum absolute atomic E-state index is 13.5. The van der Waals surface area contributed by atoms with Crippen LogP contribution in [0, 0.1) is 6.92 Å². The molecule has 1 saturated heterocycles. The number of allylic oxidation sites excluding steroid dienone is 2. The minimum atomic E-state index is -1.66. The average molecular weight is 647 g/mol. The van der Waals surface area contributed by atoms with Crippen LogP contribution in [-0.2, 0) is 52.5 Å². The Bertz CT molecular complexity index is 1680. The van der Waals surface area contributed by atoms with E-state index in [-0.39, 0.29) is 39.2 Å². The molecule has 5 unspecified atom stereocenters. The SMILES string of the molecule is CC(=O)OCC1OC(c2c(OC(C)=O)cc(C)c3c(=O)cc(/C(C(C)=O)=C(/C)O)oc23)C(OC(C)=O)C(OC(C)=O)C1OC(C)=O. The maximum Gasteiger partial charge on any atom is 0.308 e. The number of aliphatic hydroxyl groups excluding tert-OH is 1.